The number of carbonyl (C=O) groups excluding carboxylic acids is 1. The topological polar surface area (TPSA) is 32.3 Å². The Morgan fingerprint density at radius 2 is 2.28 bits per heavy atom. The summed E-state index contributed by atoms with van der Waals surface area (Å²) in [5, 5.41) is 2.98. The highest BCUT2D eigenvalue weighted by atomic mass is 19.1. The number of rotatable bonds is 5. The van der Waals surface area contributed by atoms with Crippen molar-refractivity contribution in [3.63, 3.8) is 0 Å². The summed E-state index contributed by atoms with van der Waals surface area (Å²) >= 11 is 0. The molecule has 0 aromatic heterocycles. The molecule has 3 nitrogen and oxygen atoms in total. The number of benzene rings is 1. The van der Waals surface area contributed by atoms with Gasteiger partial charge in [0.25, 0.3) is 0 Å². The lowest BCUT2D eigenvalue weighted by Crippen LogP contribution is -2.43. The molecule has 1 aromatic rings. The summed E-state index contributed by atoms with van der Waals surface area (Å²) in [4.78, 5) is 13.8. The molecule has 0 bridgehead atoms. The first-order chi connectivity index (χ1) is 8.56. The van der Waals surface area contributed by atoms with Gasteiger partial charge >= 0.3 is 0 Å². The van der Waals surface area contributed by atoms with Crippen molar-refractivity contribution in [2.75, 3.05) is 7.05 Å². The minimum Gasteiger partial charge on any atom is -0.352 e. The van der Waals surface area contributed by atoms with E-state index in [1.54, 1.807) is 6.07 Å². The van der Waals surface area contributed by atoms with E-state index in [9.17, 15) is 9.18 Å². The van der Waals surface area contributed by atoms with Crippen LogP contribution in [0.25, 0.3) is 0 Å². The molecule has 0 aliphatic heterocycles. The molecule has 1 aromatic carbocycles. The van der Waals surface area contributed by atoms with E-state index in [1.807, 2.05) is 24.9 Å². The molecule has 2 rings (SSSR count). The first-order valence-electron chi connectivity index (χ1n) is 6.31. The smallest absolute Gasteiger partial charge is 0.237 e. The lowest BCUT2D eigenvalue weighted by Gasteiger charge is -2.23. The number of carbonyl (C=O) groups is 1. The number of hydrogen-bond acceptors (Lipinski definition) is 2. The van der Waals surface area contributed by atoms with Gasteiger partial charge in [0.15, 0.2) is 0 Å². The van der Waals surface area contributed by atoms with E-state index >= 15 is 0 Å². The molecular weight excluding hydrogens is 231 g/mol. The maximum atomic E-state index is 13.1. The normalized spacial score (nSPS) is 16.7. The number of nitrogens with one attached hydrogen (secondary N) is 1. The second-order valence-corrected chi connectivity index (χ2v) is 5.00. The fraction of sp³-hybridized carbons (Fsp3) is 0.500. The fourth-order valence-electron chi connectivity index (χ4n) is 1.81. The van der Waals surface area contributed by atoms with Gasteiger partial charge in [0.05, 0.1) is 6.04 Å². The summed E-state index contributed by atoms with van der Waals surface area (Å²) in [5.74, 6) is -0.188. The Morgan fingerprint density at radius 3 is 2.89 bits per heavy atom. The SMILES string of the molecule is C[C@H](C(=O)NC1CC1)N(C)Cc1cccc(F)c1. The summed E-state index contributed by atoms with van der Waals surface area (Å²) in [6, 6.07) is 6.66. The van der Waals surface area contributed by atoms with E-state index in [1.165, 1.54) is 12.1 Å². The van der Waals surface area contributed by atoms with Crippen molar-refractivity contribution in [3.8, 4) is 0 Å². The van der Waals surface area contributed by atoms with Crippen molar-refractivity contribution in [1.29, 1.82) is 0 Å². The van der Waals surface area contributed by atoms with Crippen molar-refractivity contribution < 1.29 is 9.18 Å². The van der Waals surface area contributed by atoms with Gasteiger partial charge in [-0.1, -0.05) is 12.1 Å². The second kappa shape index (κ2) is 5.48. The van der Waals surface area contributed by atoms with Crippen molar-refractivity contribution >= 4 is 5.91 Å². The number of nitrogens with zero attached hydrogens (tertiary/aromatic N) is 1. The van der Waals surface area contributed by atoms with E-state index in [-0.39, 0.29) is 17.8 Å². The number of amides is 1. The Hall–Kier alpha value is -1.42. The van der Waals surface area contributed by atoms with Gasteiger partial charge in [-0.2, -0.15) is 0 Å². The summed E-state index contributed by atoms with van der Waals surface area (Å²) in [7, 11) is 1.88. The van der Waals surface area contributed by atoms with Crippen LogP contribution in [-0.2, 0) is 11.3 Å². The van der Waals surface area contributed by atoms with Crippen LogP contribution in [0.4, 0.5) is 4.39 Å². The molecule has 98 valence electrons. The minimum absolute atomic E-state index is 0.0522. The Labute approximate surface area is 107 Å². The van der Waals surface area contributed by atoms with Crippen LogP contribution in [0.1, 0.15) is 25.3 Å². The van der Waals surface area contributed by atoms with Crippen LogP contribution in [-0.4, -0.2) is 29.9 Å². The third-order valence-electron chi connectivity index (χ3n) is 3.29. The van der Waals surface area contributed by atoms with Gasteiger partial charge in [0, 0.05) is 12.6 Å². The minimum atomic E-state index is -0.240. The molecule has 0 unspecified atom stereocenters. The highest BCUT2D eigenvalue weighted by Crippen LogP contribution is 2.19. The zero-order valence-corrected chi connectivity index (χ0v) is 10.8. The van der Waals surface area contributed by atoms with E-state index < -0.39 is 0 Å². The highest BCUT2D eigenvalue weighted by molar-refractivity contribution is 5.81. The predicted molar refractivity (Wildman–Crippen MR) is 68.5 cm³/mol. The second-order valence-electron chi connectivity index (χ2n) is 5.00. The summed E-state index contributed by atoms with van der Waals surface area (Å²) < 4.78 is 13.1. The third kappa shape index (κ3) is 3.53. The van der Waals surface area contributed by atoms with Crippen LogP contribution in [0.2, 0.25) is 0 Å². The van der Waals surface area contributed by atoms with Crippen LogP contribution in [0.5, 0.6) is 0 Å². The Balaban J connectivity index is 1.89. The van der Waals surface area contributed by atoms with E-state index in [0.717, 1.165) is 18.4 Å². The Morgan fingerprint density at radius 1 is 1.56 bits per heavy atom. The molecular formula is C14H19FN2O. The van der Waals surface area contributed by atoms with Gasteiger partial charge < -0.3 is 5.32 Å². The maximum absolute atomic E-state index is 13.1. The maximum Gasteiger partial charge on any atom is 0.237 e. The van der Waals surface area contributed by atoms with Crippen molar-refractivity contribution in [2.45, 2.75) is 38.4 Å². The molecule has 0 saturated heterocycles. The van der Waals surface area contributed by atoms with Gasteiger partial charge in [-0.15, -0.1) is 0 Å². The fourth-order valence-corrected chi connectivity index (χ4v) is 1.81. The van der Waals surface area contributed by atoms with Crippen LogP contribution >= 0.6 is 0 Å². The predicted octanol–water partition coefficient (Wildman–Crippen LogP) is 1.92. The molecule has 1 amide bonds. The molecule has 1 saturated carbocycles. The van der Waals surface area contributed by atoms with Gasteiger partial charge in [0.2, 0.25) is 5.91 Å². The molecule has 1 aliphatic carbocycles. The summed E-state index contributed by atoms with van der Waals surface area (Å²) in [6.45, 7) is 2.44. The van der Waals surface area contributed by atoms with Gasteiger partial charge in [-0.25, -0.2) is 4.39 Å². The van der Waals surface area contributed by atoms with E-state index in [4.69, 9.17) is 0 Å². The molecule has 1 N–H and O–H groups in total. The van der Waals surface area contributed by atoms with Gasteiger partial charge in [-0.3, -0.25) is 9.69 Å². The van der Waals surface area contributed by atoms with Gasteiger partial charge in [0.1, 0.15) is 5.82 Å². The van der Waals surface area contributed by atoms with Crippen LogP contribution < -0.4 is 5.32 Å². The van der Waals surface area contributed by atoms with Crippen LogP contribution in [0.15, 0.2) is 24.3 Å². The molecule has 1 fully saturated rings. The van der Waals surface area contributed by atoms with E-state index in [2.05, 4.69) is 5.32 Å². The summed E-state index contributed by atoms with van der Waals surface area (Å²) in [6.07, 6.45) is 2.18. The largest absolute Gasteiger partial charge is 0.352 e. The van der Waals surface area contributed by atoms with E-state index in [0.29, 0.717) is 12.6 Å². The number of hydrogen-bond donors (Lipinski definition) is 1. The van der Waals surface area contributed by atoms with Crippen molar-refractivity contribution in [2.24, 2.45) is 0 Å². The quantitative estimate of drug-likeness (QED) is 0.866. The molecule has 0 heterocycles. The Kier molecular flexibility index (Phi) is 3.97. The molecule has 18 heavy (non-hydrogen) atoms. The lowest BCUT2D eigenvalue weighted by atomic mass is 10.2. The standard InChI is InChI=1S/C14H19FN2O/c1-10(14(18)16-13-6-7-13)17(2)9-11-4-3-5-12(15)8-11/h3-5,8,10,13H,6-7,9H2,1-2H3,(H,16,18)/t10-/m1/s1. The number of likely N-dealkylation sites (N-methyl/N-ethyl adjacent to an activating group) is 1. The molecule has 1 aliphatic rings. The third-order valence-corrected chi connectivity index (χ3v) is 3.29. The Bertz CT molecular complexity index is 432. The monoisotopic (exact) mass is 250 g/mol. The average Bonchev–Trinajstić information content (AvgIpc) is 3.11. The van der Waals surface area contributed by atoms with Crippen LogP contribution in [0.3, 0.4) is 0 Å². The van der Waals surface area contributed by atoms with Crippen molar-refractivity contribution in [3.05, 3.63) is 35.6 Å². The van der Waals surface area contributed by atoms with Crippen LogP contribution in [0, 0.1) is 5.82 Å². The molecule has 0 spiro atoms. The highest BCUT2D eigenvalue weighted by Gasteiger charge is 2.27. The zero-order valence-electron chi connectivity index (χ0n) is 10.8. The first-order valence-corrected chi connectivity index (χ1v) is 6.31. The summed E-state index contributed by atoms with van der Waals surface area (Å²) in [5.41, 5.74) is 0.878. The van der Waals surface area contributed by atoms with Crippen molar-refractivity contribution in [1.82, 2.24) is 10.2 Å². The average molecular weight is 250 g/mol. The lowest BCUT2D eigenvalue weighted by molar-refractivity contribution is -0.125. The van der Waals surface area contributed by atoms with Gasteiger partial charge in [-0.05, 0) is 44.5 Å². The zero-order chi connectivity index (χ0) is 13.1. The molecule has 4 heteroatoms. The first kappa shape index (κ1) is 13.0. The molecule has 0 radical (unpaired) electrons. The molecule has 1 atom stereocenters. The number of halogens is 1.